The summed E-state index contributed by atoms with van der Waals surface area (Å²) in [5.74, 6) is 1.48. The van der Waals surface area contributed by atoms with Crippen molar-refractivity contribution in [1.82, 2.24) is 5.43 Å². The van der Waals surface area contributed by atoms with Gasteiger partial charge in [-0.15, -0.1) is 0 Å². The number of halogens is 1. The van der Waals surface area contributed by atoms with Crippen LogP contribution in [0.2, 0.25) is 0 Å². The van der Waals surface area contributed by atoms with Crippen LogP contribution in [-0.4, -0.2) is 32.4 Å². The summed E-state index contributed by atoms with van der Waals surface area (Å²) < 4.78 is 16.7. The monoisotopic (exact) mass is 406 g/mol. The zero-order chi connectivity index (χ0) is 18.2. The maximum absolute atomic E-state index is 11.9. The molecule has 6 nitrogen and oxygen atoms in total. The lowest BCUT2D eigenvalue weighted by Gasteiger charge is -2.09. The molecule has 0 fully saturated rings. The van der Waals surface area contributed by atoms with Gasteiger partial charge < -0.3 is 14.2 Å². The van der Waals surface area contributed by atoms with E-state index in [9.17, 15) is 4.79 Å². The van der Waals surface area contributed by atoms with Gasteiger partial charge in [-0.2, -0.15) is 5.10 Å². The summed E-state index contributed by atoms with van der Waals surface area (Å²) in [5.41, 5.74) is 3.92. The number of nitrogens with zero attached hydrogens (tertiary/aromatic N) is 1. The van der Waals surface area contributed by atoms with Gasteiger partial charge in [-0.25, -0.2) is 5.43 Å². The van der Waals surface area contributed by atoms with Gasteiger partial charge in [-0.3, -0.25) is 4.79 Å². The minimum atomic E-state index is -0.347. The van der Waals surface area contributed by atoms with Crippen molar-refractivity contribution in [3.63, 3.8) is 0 Å². The number of carbonyl (C=O) groups excluding carboxylic acids is 1. The summed E-state index contributed by atoms with van der Waals surface area (Å²) >= 11 is 3.35. The highest BCUT2D eigenvalue weighted by atomic mass is 79.9. The lowest BCUT2D eigenvalue weighted by Crippen LogP contribution is -2.25. The smallest absolute Gasteiger partial charge is 0.277 e. The fourth-order valence-corrected chi connectivity index (χ4v) is 2.39. The first-order valence-corrected chi connectivity index (χ1v) is 8.26. The molecule has 1 amide bonds. The van der Waals surface area contributed by atoms with Gasteiger partial charge in [0.05, 0.1) is 19.9 Å². The molecule has 0 atom stereocenters. The van der Waals surface area contributed by atoms with Crippen LogP contribution in [0.1, 0.15) is 12.5 Å². The van der Waals surface area contributed by atoms with Gasteiger partial charge >= 0.3 is 0 Å². The fourth-order valence-electron chi connectivity index (χ4n) is 2.01. The molecule has 0 aliphatic carbocycles. The van der Waals surface area contributed by atoms with E-state index in [1.54, 1.807) is 45.4 Å². The molecule has 0 bridgehead atoms. The minimum absolute atomic E-state index is 0.126. The summed E-state index contributed by atoms with van der Waals surface area (Å²) in [7, 11) is 3.14. The summed E-state index contributed by atoms with van der Waals surface area (Å²) in [4.78, 5) is 11.9. The van der Waals surface area contributed by atoms with Crippen molar-refractivity contribution in [3.05, 3.63) is 52.5 Å². The zero-order valence-corrected chi connectivity index (χ0v) is 15.8. The van der Waals surface area contributed by atoms with Gasteiger partial charge in [-0.05, 0) is 43.3 Å². The van der Waals surface area contributed by atoms with Crippen molar-refractivity contribution in [3.8, 4) is 17.2 Å². The Morgan fingerprint density at radius 2 is 1.88 bits per heavy atom. The molecule has 0 spiro atoms. The van der Waals surface area contributed by atoms with Crippen molar-refractivity contribution < 1.29 is 19.0 Å². The van der Waals surface area contributed by atoms with E-state index in [0.717, 1.165) is 10.0 Å². The first kappa shape index (κ1) is 18.8. The molecule has 0 saturated heterocycles. The Bertz CT molecular complexity index is 777. The van der Waals surface area contributed by atoms with Crippen molar-refractivity contribution in [2.45, 2.75) is 6.92 Å². The maximum atomic E-state index is 11.9. The molecular formula is C18H19BrN2O4. The van der Waals surface area contributed by atoms with E-state index in [1.165, 1.54) is 0 Å². The minimum Gasteiger partial charge on any atom is -0.493 e. The number of amides is 1. The summed E-state index contributed by atoms with van der Waals surface area (Å²) in [6.07, 6.45) is 0. The number of hydrazone groups is 1. The number of hydrogen-bond acceptors (Lipinski definition) is 5. The number of ether oxygens (including phenoxy) is 3. The molecule has 132 valence electrons. The largest absolute Gasteiger partial charge is 0.493 e. The second-order valence-electron chi connectivity index (χ2n) is 5.05. The van der Waals surface area contributed by atoms with Crippen molar-refractivity contribution in [2.24, 2.45) is 5.10 Å². The Morgan fingerprint density at radius 1 is 1.12 bits per heavy atom. The quantitative estimate of drug-likeness (QED) is 0.565. The molecule has 0 heterocycles. The van der Waals surface area contributed by atoms with E-state index in [-0.39, 0.29) is 12.5 Å². The van der Waals surface area contributed by atoms with Crippen LogP contribution in [-0.2, 0) is 4.79 Å². The summed E-state index contributed by atoms with van der Waals surface area (Å²) in [6, 6.07) is 12.7. The Hall–Kier alpha value is -2.54. The van der Waals surface area contributed by atoms with Crippen LogP contribution in [0.3, 0.4) is 0 Å². The zero-order valence-electron chi connectivity index (χ0n) is 14.2. The predicted octanol–water partition coefficient (Wildman–Crippen LogP) is 3.39. The average Bonchev–Trinajstić information content (AvgIpc) is 2.63. The third kappa shape index (κ3) is 5.49. The molecule has 25 heavy (non-hydrogen) atoms. The molecule has 0 aromatic heterocycles. The number of methoxy groups -OCH3 is 2. The van der Waals surface area contributed by atoms with Crippen molar-refractivity contribution in [2.75, 3.05) is 20.8 Å². The third-order valence-corrected chi connectivity index (χ3v) is 3.81. The predicted molar refractivity (Wildman–Crippen MR) is 99.5 cm³/mol. The Labute approximate surface area is 154 Å². The van der Waals surface area contributed by atoms with Gasteiger partial charge in [0, 0.05) is 10.0 Å². The van der Waals surface area contributed by atoms with E-state index < -0.39 is 0 Å². The lowest BCUT2D eigenvalue weighted by atomic mass is 10.1. The average molecular weight is 407 g/mol. The van der Waals surface area contributed by atoms with Gasteiger partial charge in [0.2, 0.25) is 0 Å². The first-order chi connectivity index (χ1) is 12.0. The summed E-state index contributed by atoms with van der Waals surface area (Å²) in [6.45, 7) is 1.66. The van der Waals surface area contributed by atoms with E-state index in [4.69, 9.17) is 14.2 Å². The normalized spacial score (nSPS) is 11.0. The van der Waals surface area contributed by atoms with Crippen LogP contribution in [0.4, 0.5) is 0 Å². The Kier molecular flexibility index (Phi) is 6.82. The molecule has 2 rings (SSSR count). The molecule has 0 aliphatic rings. The highest BCUT2D eigenvalue weighted by molar-refractivity contribution is 9.10. The molecule has 1 N–H and O–H groups in total. The van der Waals surface area contributed by atoms with Crippen LogP contribution in [0.25, 0.3) is 0 Å². The fraction of sp³-hybridized carbons (Fsp3) is 0.222. The molecule has 2 aromatic carbocycles. The summed E-state index contributed by atoms with van der Waals surface area (Å²) in [5, 5.41) is 4.09. The van der Waals surface area contributed by atoms with Crippen molar-refractivity contribution in [1.29, 1.82) is 0 Å². The number of hydrogen-bond donors (Lipinski definition) is 1. The molecule has 0 aliphatic heterocycles. The Morgan fingerprint density at radius 3 is 2.56 bits per heavy atom. The molecule has 0 saturated carbocycles. The van der Waals surface area contributed by atoms with Crippen LogP contribution in [0, 0.1) is 0 Å². The molecule has 0 unspecified atom stereocenters. The van der Waals surface area contributed by atoms with E-state index in [1.807, 2.05) is 18.2 Å². The van der Waals surface area contributed by atoms with Gasteiger partial charge in [0.25, 0.3) is 5.91 Å². The van der Waals surface area contributed by atoms with E-state index in [0.29, 0.717) is 23.0 Å². The number of carbonyl (C=O) groups is 1. The molecular weight excluding hydrogens is 388 g/mol. The van der Waals surface area contributed by atoms with Crippen LogP contribution >= 0.6 is 15.9 Å². The molecule has 0 radical (unpaired) electrons. The highest BCUT2D eigenvalue weighted by Gasteiger charge is 2.07. The Balaban J connectivity index is 1.95. The van der Waals surface area contributed by atoms with Crippen LogP contribution in [0.5, 0.6) is 17.2 Å². The van der Waals surface area contributed by atoms with Crippen LogP contribution < -0.4 is 19.6 Å². The van der Waals surface area contributed by atoms with E-state index >= 15 is 0 Å². The number of nitrogens with one attached hydrogen (secondary N) is 1. The van der Waals surface area contributed by atoms with Crippen LogP contribution in [0.15, 0.2) is 52.0 Å². The van der Waals surface area contributed by atoms with E-state index in [2.05, 4.69) is 26.5 Å². The van der Waals surface area contributed by atoms with Gasteiger partial charge in [-0.1, -0.05) is 22.0 Å². The molecule has 7 heteroatoms. The molecule has 2 aromatic rings. The number of rotatable bonds is 7. The maximum Gasteiger partial charge on any atom is 0.277 e. The topological polar surface area (TPSA) is 69.2 Å². The third-order valence-electron chi connectivity index (χ3n) is 3.32. The number of benzene rings is 2. The second kappa shape index (κ2) is 9.08. The SMILES string of the molecule is COc1ccc(/C(C)=N/NC(=O)COc2cccc(Br)c2)cc1OC. The van der Waals surface area contributed by atoms with Gasteiger partial charge in [0.15, 0.2) is 18.1 Å². The first-order valence-electron chi connectivity index (χ1n) is 7.47. The highest BCUT2D eigenvalue weighted by Crippen LogP contribution is 2.27. The standard InChI is InChI=1S/C18H19BrN2O4/c1-12(13-7-8-16(23-2)17(9-13)24-3)20-21-18(22)11-25-15-6-4-5-14(19)10-15/h4-10H,11H2,1-3H3,(H,21,22)/b20-12+. The van der Waals surface area contributed by atoms with Crippen molar-refractivity contribution >= 4 is 27.5 Å². The second-order valence-corrected chi connectivity index (χ2v) is 5.96. The van der Waals surface area contributed by atoms with Gasteiger partial charge in [0.1, 0.15) is 5.75 Å². The lowest BCUT2D eigenvalue weighted by molar-refractivity contribution is -0.123.